The fraction of sp³-hybridized carbons (Fsp3) is 0.250. The predicted molar refractivity (Wildman–Crippen MR) is 86.8 cm³/mol. The second-order valence-electron chi connectivity index (χ2n) is 4.40. The molecule has 0 heterocycles. The molecule has 0 saturated heterocycles. The fourth-order valence-corrected chi connectivity index (χ4v) is 3.19. The quantitative estimate of drug-likeness (QED) is 0.801. The first-order chi connectivity index (χ1) is 9.74. The highest BCUT2D eigenvalue weighted by Gasteiger charge is 2.07. The molecule has 4 heteroatoms. The van der Waals surface area contributed by atoms with E-state index in [2.05, 4.69) is 17.4 Å². The van der Waals surface area contributed by atoms with E-state index in [4.69, 9.17) is 16.3 Å². The zero-order valence-corrected chi connectivity index (χ0v) is 13.2. The molecular weight excluding hydrogens is 290 g/mol. The van der Waals surface area contributed by atoms with Gasteiger partial charge in [-0.1, -0.05) is 29.8 Å². The number of rotatable bonds is 6. The molecule has 0 spiro atoms. The molecule has 0 radical (unpaired) electrons. The van der Waals surface area contributed by atoms with Crippen LogP contribution in [0.4, 0.5) is 0 Å². The molecule has 106 valence electrons. The number of benzene rings is 2. The molecule has 0 aliphatic heterocycles. The van der Waals surface area contributed by atoms with Crippen molar-refractivity contribution in [3.05, 3.63) is 58.6 Å². The average molecular weight is 308 g/mol. The predicted octanol–water partition coefficient (Wildman–Crippen LogP) is 4.36. The summed E-state index contributed by atoms with van der Waals surface area (Å²) in [5.74, 6) is 1.76. The van der Waals surface area contributed by atoms with E-state index in [1.54, 1.807) is 18.9 Å². The van der Waals surface area contributed by atoms with E-state index in [1.165, 1.54) is 11.1 Å². The summed E-state index contributed by atoms with van der Waals surface area (Å²) < 4.78 is 5.43. The number of ether oxygens (including phenoxy) is 1. The van der Waals surface area contributed by atoms with Gasteiger partial charge in [-0.3, -0.25) is 0 Å². The smallest absolute Gasteiger partial charge is 0.122 e. The molecule has 2 aromatic carbocycles. The number of hydrogen-bond acceptors (Lipinski definition) is 3. The molecule has 0 saturated carbocycles. The van der Waals surface area contributed by atoms with Crippen molar-refractivity contribution in [1.29, 1.82) is 0 Å². The minimum absolute atomic E-state index is 0.794. The standard InChI is InChI=1S/C16H18ClNOS/c1-18-10-12-7-8-15(19-2)13(9-12)11-20-16-6-4-3-5-14(16)17/h3-9,18H,10-11H2,1-2H3. The number of thioether (sulfide) groups is 1. The van der Waals surface area contributed by atoms with Gasteiger partial charge in [0.25, 0.3) is 0 Å². The first-order valence-corrected chi connectivity index (χ1v) is 7.78. The molecule has 0 fully saturated rings. The molecule has 0 aromatic heterocycles. The summed E-state index contributed by atoms with van der Waals surface area (Å²) >= 11 is 7.91. The van der Waals surface area contributed by atoms with Crippen molar-refractivity contribution in [1.82, 2.24) is 5.32 Å². The molecule has 2 rings (SSSR count). The van der Waals surface area contributed by atoms with Gasteiger partial charge in [-0.15, -0.1) is 11.8 Å². The van der Waals surface area contributed by atoms with E-state index in [1.807, 2.05) is 37.4 Å². The Morgan fingerprint density at radius 3 is 2.70 bits per heavy atom. The van der Waals surface area contributed by atoms with E-state index in [0.717, 1.165) is 28.0 Å². The topological polar surface area (TPSA) is 21.3 Å². The zero-order chi connectivity index (χ0) is 14.4. The van der Waals surface area contributed by atoms with Gasteiger partial charge in [-0.25, -0.2) is 0 Å². The van der Waals surface area contributed by atoms with Gasteiger partial charge in [0.2, 0.25) is 0 Å². The molecule has 0 unspecified atom stereocenters. The summed E-state index contributed by atoms with van der Waals surface area (Å²) in [7, 11) is 3.65. The third-order valence-corrected chi connectivity index (χ3v) is 4.51. The Morgan fingerprint density at radius 2 is 2.00 bits per heavy atom. The number of hydrogen-bond donors (Lipinski definition) is 1. The summed E-state index contributed by atoms with van der Waals surface area (Å²) in [6.07, 6.45) is 0. The minimum atomic E-state index is 0.794. The Hall–Kier alpha value is -1.16. The Bertz CT molecular complexity index is 574. The third kappa shape index (κ3) is 3.92. The van der Waals surface area contributed by atoms with Crippen molar-refractivity contribution < 1.29 is 4.74 Å². The number of methoxy groups -OCH3 is 1. The lowest BCUT2D eigenvalue weighted by Gasteiger charge is -2.11. The second-order valence-corrected chi connectivity index (χ2v) is 5.82. The molecule has 1 N–H and O–H groups in total. The number of nitrogens with one attached hydrogen (secondary N) is 1. The van der Waals surface area contributed by atoms with E-state index < -0.39 is 0 Å². The van der Waals surface area contributed by atoms with Crippen LogP contribution >= 0.6 is 23.4 Å². The van der Waals surface area contributed by atoms with Crippen LogP contribution in [0.2, 0.25) is 5.02 Å². The van der Waals surface area contributed by atoms with Crippen LogP contribution in [0, 0.1) is 0 Å². The van der Waals surface area contributed by atoms with E-state index in [0.29, 0.717) is 0 Å². The van der Waals surface area contributed by atoms with Gasteiger partial charge < -0.3 is 10.1 Å². The monoisotopic (exact) mass is 307 g/mol. The maximum Gasteiger partial charge on any atom is 0.122 e. The van der Waals surface area contributed by atoms with Gasteiger partial charge in [0.1, 0.15) is 5.75 Å². The first kappa shape index (κ1) is 15.2. The van der Waals surface area contributed by atoms with Crippen LogP contribution in [0.15, 0.2) is 47.4 Å². The Labute approximate surface area is 129 Å². The summed E-state index contributed by atoms with van der Waals surface area (Å²) in [5, 5.41) is 3.96. The van der Waals surface area contributed by atoms with Crippen LogP contribution in [-0.4, -0.2) is 14.2 Å². The van der Waals surface area contributed by atoms with Gasteiger partial charge in [-0.2, -0.15) is 0 Å². The Kier molecular flexibility index (Phi) is 5.77. The van der Waals surface area contributed by atoms with Gasteiger partial charge >= 0.3 is 0 Å². The molecule has 0 aliphatic carbocycles. The van der Waals surface area contributed by atoms with Crippen molar-refractivity contribution in [3.63, 3.8) is 0 Å². The van der Waals surface area contributed by atoms with Gasteiger partial charge in [-0.05, 0) is 36.9 Å². The maximum absolute atomic E-state index is 6.18. The van der Waals surface area contributed by atoms with Crippen LogP contribution in [0.5, 0.6) is 5.75 Å². The van der Waals surface area contributed by atoms with Crippen LogP contribution < -0.4 is 10.1 Å². The molecular formula is C16H18ClNOS. The van der Waals surface area contributed by atoms with Crippen LogP contribution in [-0.2, 0) is 12.3 Å². The van der Waals surface area contributed by atoms with Crippen molar-refractivity contribution in [3.8, 4) is 5.75 Å². The van der Waals surface area contributed by atoms with Crippen molar-refractivity contribution >= 4 is 23.4 Å². The van der Waals surface area contributed by atoms with Crippen molar-refractivity contribution in [2.24, 2.45) is 0 Å². The maximum atomic E-state index is 6.18. The SMILES string of the molecule is CNCc1ccc(OC)c(CSc2ccccc2Cl)c1. The third-order valence-electron chi connectivity index (χ3n) is 2.95. The van der Waals surface area contributed by atoms with E-state index >= 15 is 0 Å². The van der Waals surface area contributed by atoms with Gasteiger partial charge in [0.05, 0.1) is 12.1 Å². The van der Waals surface area contributed by atoms with E-state index in [-0.39, 0.29) is 0 Å². The van der Waals surface area contributed by atoms with Crippen LogP contribution in [0.25, 0.3) is 0 Å². The Morgan fingerprint density at radius 1 is 1.20 bits per heavy atom. The molecule has 0 atom stereocenters. The summed E-state index contributed by atoms with van der Waals surface area (Å²) in [6.45, 7) is 0.855. The highest BCUT2D eigenvalue weighted by atomic mass is 35.5. The zero-order valence-electron chi connectivity index (χ0n) is 11.7. The van der Waals surface area contributed by atoms with Gasteiger partial charge in [0.15, 0.2) is 0 Å². The molecule has 20 heavy (non-hydrogen) atoms. The summed E-state index contributed by atoms with van der Waals surface area (Å²) in [4.78, 5) is 1.09. The summed E-state index contributed by atoms with van der Waals surface area (Å²) in [5.41, 5.74) is 2.44. The average Bonchev–Trinajstić information content (AvgIpc) is 2.47. The van der Waals surface area contributed by atoms with Crippen LogP contribution in [0.3, 0.4) is 0 Å². The molecule has 2 nitrogen and oxygen atoms in total. The lowest BCUT2D eigenvalue weighted by atomic mass is 10.1. The Balaban J connectivity index is 2.15. The van der Waals surface area contributed by atoms with E-state index in [9.17, 15) is 0 Å². The lowest BCUT2D eigenvalue weighted by Crippen LogP contribution is -2.05. The molecule has 0 bridgehead atoms. The van der Waals surface area contributed by atoms with Crippen LogP contribution in [0.1, 0.15) is 11.1 Å². The first-order valence-electron chi connectivity index (χ1n) is 6.42. The molecule has 2 aromatic rings. The fourth-order valence-electron chi connectivity index (χ4n) is 1.98. The molecule has 0 amide bonds. The van der Waals surface area contributed by atoms with Crippen molar-refractivity contribution in [2.45, 2.75) is 17.2 Å². The largest absolute Gasteiger partial charge is 0.496 e. The minimum Gasteiger partial charge on any atom is -0.496 e. The highest BCUT2D eigenvalue weighted by Crippen LogP contribution is 2.32. The van der Waals surface area contributed by atoms with Crippen molar-refractivity contribution in [2.75, 3.05) is 14.2 Å². The molecule has 0 aliphatic rings. The number of halogens is 1. The summed E-state index contributed by atoms with van der Waals surface area (Å²) in [6, 6.07) is 14.2. The second kappa shape index (κ2) is 7.58. The highest BCUT2D eigenvalue weighted by molar-refractivity contribution is 7.98. The van der Waals surface area contributed by atoms with Gasteiger partial charge in [0, 0.05) is 22.8 Å². The normalized spacial score (nSPS) is 10.6. The lowest BCUT2D eigenvalue weighted by molar-refractivity contribution is 0.411.